The Hall–Kier alpha value is -0.650. The maximum atomic E-state index is 11.9. The summed E-state index contributed by atoms with van der Waals surface area (Å²) in [6.07, 6.45) is 3.88. The minimum Gasteiger partial charge on any atom is -0.468 e. The lowest BCUT2D eigenvalue weighted by Gasteiger charge is -2.28. The Balaban J connectivity index is 4.04. The van der Waals surface area contributed by atoms with Crippen molar-refractivity contribution in [1.29, 1.82) is 0 Å². The van der Waals surface area contributed by atoms with E-state index < -0.39 is 5.54 Å². The number of likely N-dealkylation sites (N-methyl/N-ethyl adjacent to an activating group) is 1. The molecule has 0 aliphatic rings. The van der Waals surface area contributed by atoms with Crippen LogP contribution in [0, 0.1) is 0 Å². The Morgan fingerprint density at radius 1 is 1.25 bits per heavy atom. The van der Waals surface area contributed by atoms with Crippen LogP contribution in [0.5, 0.6) is 0 Å². The summed E-state index contributed by atoms with van der Waals surface area (Å²) in [7, 11) is 5.26. The average molecular weight is 288 g/mol. The topological polar surface area (TPSA) is 50.8 Å². The minimum atomic E-state index is -0.560. The molecule has 0 fully saturated rings. The molecule has 0 amide bonds. The molecule has 1 atom stereocenters. The van der Waals surface area contributed by atoms with Crippen LogP contribution in [0.2, 0.25) is 0 Å². The van der Waals surface area contributed by atoms with Gasteiger partial charge in [0.05, 0.1) is 13.7 Å². The van der Waals surface area contributed by atoms with Gasteiger partial charge in [-0.15, -0.1) is 0 Å². The molecular formula is C15H32N2O3. The van der Waals surface area contributed by atoms with E-state index in [-0.39, 0.29) is 5.97 Å². The molecule has 5 heteroatoms. The number of nitrogens with one attached hydrogen (secondary N) is 1. The van der Waals surface area contributed by atoms with E-state index in [1.54, 1.807) is 7.11 Å². The van der Waals surface area contributed by atoms with E-state index in [1.807, 2.05) is 6.92 Å². The number of unbranched alkanes of at least 4 members (excludes halogenated alkanes) is 1. The first-order valence-corrected chi connectivity index (χ1v) is 7.51. The zero-order chi connectivity index (χ0) is 15.4. The fourth-order valence-corrected chi connectivity index (χ4v) is 2.11. The molecule has 0 bridgehead atoms. The Morgan fingerprint density at radius 3 is 2.50 bits per heavy atom. The van der Waals surface area contributed by atoms with Gasteiger partial charge in [0.1, 0.15) is 5.54 Å². The molecular weight excluding hydrogens is 256 g/mol. The Bertz CT molecular complexity index is 262. The van der Waals surface area contributed by atoms with Crippen LogP contribution in [0.15, 0.2) is 0 Å². The second-order valence-corrected chi connectivity index (χ2v) is 5.50. The lowest BCUT2D eigenvalue weighted by Crippen LogP contribution is -2.50. The van der Waals surface area contributed by atoms with Gasteiger partial charge in [-0.3, -0.25) is 4.79 Å². The van der Waals surface area contributed by atoms with Crippen molar-refractivity contribution in [2.24, 2.45) is 0 Å². The van der Waals surface area contributed by atoms with Gasteiger partial charge in [-0.2, -0.15) is 0 Å². The van der Waals surface area contributed by atoms with Gasteiger partial charge >= 0.3 is 5.97 Å². The van der Waals surface area contributed by atoms with Crippen molar-refractivity contribution < 1.29 is 14.3 Å². The molecule has 0 aromatic heterocycles. The highest BCUT2D eigenvalue weighted by molar-refractivity contribution is 5.80. The van der Waals surface area contributed by atoms with Crippen molar-refractivity contribution in [2.45, 2.75) is 45.1 Å². The third kappa shape index (κ3) is 7.82. The Kier molecular flexibility index (Phi) is 10.7. The van der Waals surface area contributed by atoms with Crippen molar-refractivity contribution in [3.05, 3.63) is 0 Å². The van der Waals surface area contributed by atoms with E-state index in [4.69, 9.17) is 9.47 Å². The number of esters is 1. The van der Waals surface area contributed by atoms with E-state index in [9.17, 15) is 4.79 Å². The normalized spacial score (nSPS) is 14.3. The van der Waals surface area contributed by atoms with Gasteiger partial charge in [-0.1, -0.05) is 6.92 Å². The van der Waals surface area contributed by atoms with Crippen LogP contribution < -0.4 is 5.32 Å². The number of ether oxygens (including phenoxy) is 2. The molecule has 0 spiro atoms. The number of nitrogens with zero attached hydrogens (tertiary/aromatic N) is 1. The molecule has 0 aliphatic heterocycles. The summed E-state index contributed by atoms with van der Waals surface area (Å²) >= 11 is 0. The molecule has 0 saturated carbocycles. The van der Waals surface area contributed by atoms with E-state index >= 15 is 0 Å². The highest BCUT2D eigenvalue weighted by atomic mass is 16.5. The van der Waals surface area contributed by atoms with E-state index in [2.05, 4.69) is 24.2 Å². The van der Waals surface area contributed by atoms with Crippen molar-refractivity contribution >= 4 is 5.97 Å². The number of rotatable bonds is 12. The smallest absolute Gasteiger partial charge is 0.325 e. The van der Waals surface area contributed by atoms with Crippen molar-refractivity contribution in [2.75, 3.05) is 47.5 Å². The van der Waals surface area contributed by atoms with Crippen molar-refractivity contribution in [1.82, 2.24) is 10.2 Å². The first-order chi connectivity index (χ1) is 9.50. The highest BCUT2D eigenvalue weighted by Crippen LogP contribution is 2.16. The first-order valence-electron chi connectivity index (χ1n) is 7.51. The van der Waals surface area contributed by atoms with Gasteiger partial charge in [0.25, 0.3) is 0 Å². The average Bonchev–Trinajstić information content (AvgIpc) is 2.46. The predicted molar refractivity (Wildman–Crippen MR) is 81.9 cm³/mol. The number of carbonyl (C=O) groups excluding carboxylic acids is 1. The molecule has 20 heavy (non-hydrogen) atoms. The second kappa shape index (κ2) is 11.1. The van der Waals surface area contributed by atoms with Crippen molar-refractivity contribution in [3.63, 3.8) is 0 Å². The zero-order valence-electron chi connectivity index (χ0n) is 13.8. The van der Waals surface area contributed by atoms with Gasteiger partial charge in [0, 0.05) is 13.7 Å². The lowest BCUT2D eigenvalue weighted by atomic mass is 9.94. The van der Waals surface area contributed by atoms with Crippen LogP contribution in [0.3, 0.4) is 0 Å². The molecule has 0 aliphatic carbocycles. The van der Waals surface area contributed by atoms with E-state index in [1.165, 1.54) is 7.11 Å². The molecule has 1 N–H and O–H groups in total. The molecule has 0 rings (SSSR count). The predicted octanol–water partition coefficient (Wildman–Crippen LogP) is 1.67. The quantitative estimate of drug-likeness (QED) is 0.437. The van der Waals surface area contributed by atoms with Gasteiger partial charge in [0.15, 0.2) is 0 Å². The first kappa shape index (κ1) is 19.4. The van der Waals surface area contributed by atoms with Crippen molar-refractivity contribution in [3.8, 4) is 0 Å². The molecule has 0 aromatic rings. The zero-order valence-corrected chi connectivity index (χ0v) is 13.8. The molecule has 0 aromatic carbocycles. The number of carbonyl (C=O) groups is 1. The Morgan fingerprint density at radius 2 is 1.95 bits per heavy atom. The molecule has 120 valence electrons. The number of hydrogen-bond donors (Lipinski definition) is 1. The third-order valence-corrected chi connectivity index (χ3v) is 3.54. The van der Waals surface area contributed by atoms with Gasteiger partial charge in [-0.05, 0) is 52.7 Å². The summed E-state index contributed by atoms with van der Waals surface area (Å²) in [5.74, 6) is -0.168. The number of hydrogen-bond acceptors (Lipinski definition) is 5. The Labute approximate surface area is 124 Å². The molecule has 0 heterocycles. The van der Waals surface area contributed by atoms with Crippen LogP contribution in [0.4, 0.5) is 0 Å². The second-order valence-electron chi connectivity index (χ2n) is 5.50. The summed E-state index contributed by atoms with van der Waals surface area (Å²) in [4.78, 5) is 14.1. The highest BCUT2D eigenvalue weighted by Gasteiger charge is 2.32. The SMILES string of the molecule is CCCNC(C)(CCCCN(C)CCOC)C(=O)OC. The summed E-state index contributed by atoms with van der Waals surface area (Å²) in [5, 5.41) is 3.31. The van der Waals surface area contributed by atoms with Crippen LogP contribution >= 0.6 is 0 Å². The van der Waals surface area contributed by atoms with E-state index in [0.717, 1.165) is 51.9 Å². The summed E-state index contributed by atoms with van der Waals surface area (Å²) in [6.45, 7) is 7.58. The summed E-state index contributed by atoms with van der Waals surface area (Å²) < 4.78 is 9.97. The standard InChI is InChI=1S/C15H32N2O3/c1-6-10-16-15(2,14(18)20-5)9-7-8-11-17(3)12-13-19-4/h16H,6-13H2,1-5H3. The minimum absolute atomic E-state index is 0.168. The largest absolute Gasteiger partial charge is 0.468 e. The maximum absolute atomic E-state index is 11.9. The van der Waals surface area contributed by atoms with Gasteiger partial charge < -0.3 is 19.7 Å². The van der Waals surface area contributed by atoms with Gasteiger partial charge in [-0.25, -0.2) is 0 Å². The fourth-order valence-electron chi connectivity index (χ4n) is 2.11. The van der Waals surface area contributed by atoms with Crippen LogP contribution in [0.1, 0.15) is 39.5 Å². The number of methoxy groups -OCH3 is 2. The van der Waals surface area contributed by atoms with E-state index in [0.29, 0.717) is 0 Å². The fraction of sp³-hybridized carbons (Fsp3) is 0.933. The van der Waals surface area contributed by atoms with Gasteiger partial charge in [0.2, 0.25) is 0 Å². The summed E-state index contributed by atoms with van der Waals surface area (Å²) in [5.41, 5.74) is -0.560. The van der Waals surface area contributed by atoms with Crippen LogP contribution in [-0.4, -0.2) is 63.9 Å². The third-order valence-electron chi connectivity index (χ3n) is 3.54. The molecule has 0 saturated heterocycles. The monoisotopic (exact) mass is 288 g/mol. The molecule has 1 unspecified atom stereocenters. The molecule has 0 radical (unpaired) electrons. The summed E-state index contributed by atoms with van der Waals surface area (Å²) in [6, 6.07) is 0. The molecule has 5 nitrogen and oxygen atoms in total. The lowest BCUT2D eigenvalue weighted by molar-refractivity contribution is -0.148. The maximum Gasteiger partial charge on any atom is 0.325 e. The van der Waals surface area contributed by atoms with Crippen LogP contribution in [0.25, 0.3) is 0 Å². The van der Waals surface area contributed by atoms with Crippen LogP contribution in [-0.2, 0) is 14.3 Å².